The number of nitrogens with one attached hydrogen (secondary N) is 1. The summed E-state index contributed by atoms with van der Waals surface area (Å²) in [6, 6.07) is 9.95. The van der Waals surface area contributed by atoms with Crippen molar-refractivity contribution in [2.75, 3.05) is 0 Å². The van der Waals surface area contributed by atoms with Gasteiger partial charge in [-0.05, 0) is 25.0 Å². The molecule has 1 aromatic carbocycles. The Morgan fingerprint density at radius 3 is 2.43 bits per heavy atom. The van der Waals surface area contributed by atoms with Gasteiger partial charge in [0.2, 0.25) is 5.91 Å². The van der Waals surface area contributed by atoms with E-state index in [-0.39, 0.29) is 18.4 Å². The van der Waals surface area contributed by atoms with Crippen molar-refractivity contribution in [1.29, 1.82) is 0 Å². The van der Waals surface area contributed by atoms with E-state index in [1.54, 1.807) is 0 Å². The number of hydrogen-bond acceptors (Lipinski definition) is 2. The highest BCUT2D eigenvalue weighted by Gasteiger charge is 2.31. The van der Waals surface area contributed by atoms with Gasteiger partial charge in [-0.15, -0.1) is 0 Å². The largest absolute Gasteiger partial charge is 0.417 e. The van der Waals surface area contributed by atoms with Gasteiger partial charge in [0, 0.05) is 18.2 Å². The van der Waals surface area contributed by atoms with Crippen LogP contribution in [0.4, 0.5) is 13.2 Å². The summed E-state index contributed by atoms with van der Waals surface area (Å²) < 4.78 is 40.9. The standard InChI is InChI=1S/C21H22F3N3O/c1-13(2)10-19(28)25-11-17-20(15-6-4-14(3)5-7-15)26-18-9-8-16(12-27(17)18)21(22,23)24/h4-9,12-13H,10-11H2,1-3H3,(H,25,28). The van der Waals surface area contributed by atoms with Gasteiger partial charge in [0.15, 0.2) is 0 Å². The first-order valence-electron chi connectivity index (χ1n) is 9.07. The van der Waals surface area contributed by atoms with Crippen LogP contribution in [0.5, 0.6) is 0 Å². The number of carbonyl (C=O) groups excluding carboxylic acids is 1. The van der Waals surface area contributed by atoms with Gasteiger partial charge < -0.3 is 9.72 Å². The summed E-state index contributed by atoms with van der Waals surface area (Å²) in [4.78, 5) is 16.6. The highest BCUT2D eigenvalue weighted by molar-refractivity contribution is 5.76. The Hall–Kier alpha value is -2.83. The van der Waals surface area contributed by atoms with E-state index in [2.05, 4.69) is 10.3 Å². The van der Waals surface area contributed by atoms with Crippen molar-refractivity contribution >= 4 is 11.6 Å². The monoisotopic (exact) mass is 389 g/mol. The predicted molar refractivity (Wildman–Crippen MR) is 102 cm³/mol. The van der Waals surface area contributed by atoms with E-state index >= 15 is 0 Å². The summed E-state index contributed by atoms with van der Waals surface area (Å²) >= 11 is 0. The van der Waals surface area contributed by atoms with Gasteiger partial charge in [-0.3, -0.25) is 4.79 Å². The number of rotatable bonds is 5. The molecule has 0 bridgehead atoms. The molecule has 4 nitrogen and oxygen atoms in total. The minimum absolute atomic E-state index is 0.0945. The van der Waals surface area contributed by atoms with Gasteiger partial charge in [0.25, 0.3) is 0 Å². The van der Waals surface area contributed by atoms with Crippen LogP contribution in [0.1, 0.15) is 37.1 Å². The Morgan fingerprint density at radius 1 is 1.14 bits per heavy atom. The summed E-state index contributed by atoms with van der Waals surface area (Å²) in [6.45, 7) is 5.91. The van der Waals surface area contributed by atoms with Crippen LogP contribution in [0.25, 0.3) is 16.9 Å². The zero-order valence-corrected chi connectivity index (χ0v) is 16.0. The minimum atomic E-state index is -4.46. The molecule has 0 aliphatic rings. The summed E-state index contributed by atoms with van der Waals surface area (Å²) in [5.74, 6) is 0.0439. The molecule has 1 N–H and O–H groups in total. The van der Waals surface area contributed by atoms with Gasteiger partial charge in [0.05, 0.1) is 23.5 Å². The van der Waals surface area contributed by atoms with E-state index in [4.69, 9.17) is 0 Å². The van der Waals surface area contributed by atoms with Crippen molar-refractivity contribution in [3.8, 4) is 11.3 Å². The Labute approximate surface area is 161 Å². The molecular weight excluding hydrogens is 367 g/mol. The topological polar surface area (TPSA) is 46.4 Å². The minimum Gasteiger partial charge on any atom is -0.350 e. The number of alkyl halides is 3. The molecule has 3 aromatic rings. The van der Waals surface area contributed by atoms with Crippen LogP contribution in [0.15, 0.2) is 42.6 Å². The van der Waals surface area contributed by atoms with Crippen LogP contribution in [0.2, 0.25) is 0 Å². The number of aromatic nitrogens is 2. The number of aryl methyl sites for hydroxylation is 1. The maximum absolute atomic E-state index is 13.2. The Balaban J connectivity index is 2.07. The third kappa shape index (κ3) is 4.35. The average Bonchev–Trinajstić information content (AvgIpc) is 2.97. The molecule has 0 aliphatic heterocycles. The summed E-state index contributed by atoms with van der Waals surface area (Å²) in [6.07, 6.45) is -3.07. The summed E-state index contributed by atoms with van der Waals surface area (Å²) in [5.41, 5.74) is 2.57. The zero-order valence-electron chi connectivity index (χ0n) is 16.0. The number of carbonyl (C=O) groups is 1. The molecule has 2 aromatic heterocycles. The van der Waals surface area contributed by atoms with Crippen molar-refractivity contribution < 1.29 is 18.0 Å². The number of amides is 1. The van der Waals surface area contributed by atoms with Crippen molar-refractivity contribution in [2.24, 2.45) is 5.92 Å². The maximum atomic E-state index is 13.2. The third-order valence-electron chi connectivity index (χ3n) is 4.42. The Bertz CT molecular complexity index is 989. The highest BCUT2D eigenvalue weighted by Crippen LogP contribution is 2.31. The second kappa shape index (κ2) is 7.66. The smallest absolute Gasteiger partial charge is 0.350 e. The molecule has 0 spiro atoms. The lowest BCUT2D eigenvalue weighted by Crippen LogP contribution is -2.25. The summed E-state index contributed by atoms with van der Waals surface area (Å²) in [5, 5.41) is 2.81. The Morgan fingerprint density at radius 2 is 1.82 bits per heavy atom. The van der Waals surface area contributed by atoms with Gasteiger partial charge in [-0.2, -0.15) is 13.2 Å². The highest BCUT2D eigenvalue weighted by atomic mass is 19.4. The molecular formula is C21H22F3N3O. The van der Waals surface area contributed by atoms with Gasteiger partial charge in [0.1, 0.15) is 5.65 Å². The van der Waals surface area contributed by atoms with Crippen LogP contribution in [0, 0.1) is 12.8 Å². The quantitative estimate of drug-likeness (QED) is 0.668. The number of fused-ring (bicyclic) bond motifs is 1. The number of halogens is 3. The van der Waals surface area contributed by atoms with Gasteiger partial charge in [-0.25, -0.2) is 4.98 Å². The zero-order chi connectivity index (χ0) is 20.5. The normalized spacial score (nSPS) is 12.0. The van der Waals surface area contributed by atoms with E-state index in [9.17, 15) is 18.0 Å². The molecule has 148 valence electrons. The molecule has 2 heterocycles. The summed E-state index contributed by atoms with van der Waals surface area (Å²) in [7, 11) is 0. The lowest BCUT2D eigenvalue weighted by Gasteiger charge is -2.11. The van der Waals surface area contributed by atoms with E-state index < -0.39 is 11.7 Å². The van der Waals surface area contributed by atoms with E-state index in [0.717, 1.165) is 23.4 Å². The third-order valence-corrected chi connectivity index (χ3v) is 4.42. The van der Waals surface area contributed by atoms with Crippen molar-refractivity contribution in [3.05, 3.63) is 59.4 Å². The number of nitrogens with zero attached hydrogens (tertiary/aromatic N) is 2. The first-order valence-corrected chi connectivity index (χ1v) is 9.07. The van der Waals surface area contributed by atoms with Crippen LogP contribution >= 0.6 is 0 Å². The van der Waals surface area contributed by atoms with E-state index in [0.29, 0.717) is 23.5 Å². The predicted octanol–water partition coefficient (Wildman–Crippen LogP) is 4.99. The molecule has 0 saturated heterocycles. The molecule has 0 aliphatic carbocycles. The van der Waals surface area contributed by atoms with Crippen LogP contribution in [-0.4, -0.2) is 15.3 Å². The molecule has 0 radical (unpaired) electrons. The van der Waals surface area contributed by atoms with Crippen molar-refractivity contribution in [1.82, 2.24) is 14.7 Å². The number of hydrogen-bond donors (Lipinski definition) is 1. The van der Waals surface area contributed by atoms with Crippen LogP contribution in [0.3, 0.4) is 0 Å². The molecule has 28 heavy (non-hydrogen) atoms. The molecule has 0 unspecified atom stereocenters. The van der Waals surface area contributed by atoms with Crippen molar-refractivity contribution in [3.63, 3.8) is 0 Å². The molecule has 0 atom stereocenters. The fourth-order valence-corrected chi connectivity index (χ4v) is 3.00. The van der Waals surface area contributed by atoms with Gasteiger partial charge >= 0.3 is 6.18 Å². The average molecular weight is 389 g/mol. The first-order chi connectivity index (χ1) is 13.1. The fraction of sp³-hybridized carbons (Fsp3) is 0.333. The van der Waals surface area contributed by atoms with E-state index in [1.165, 1.54) is 10.5 Å². The lowest BCUT2D eigenvalue weighted by atomic mass is 10.1. The lowest BCUT2D eigenvalue weighted by molar-refractivity contribution is -0.137. The first kappa shape index (κ1) is 19.9. The molecule has 0 saturated carbocycles. The molecule has 7 heteroatoms. The SMILES string of the molecule is Cc1ccc(-c2nc3ccc(C(F)(F)F)cn3c2CNC(=O)CC(C)C)cc1. The second-order valence-electron chi connectivity index (χ2n) is 7.29. The van der Waals surface area contributed by atoms with Crippen LogP contribution in [-0.2, 0) is 17.5 Å². The number of benzene rings is 1. The molecule has 3 rings (SSSR count). The van der Waals surface area contributed by atoms with E-state index in [1.807, 2.05) is 45.0 Å². The van der Waals surface area contributed by atoms with Crippen LogP contribution < -0.4 is 5.32 Å². The Kier molecular flexibility index (Phi) is 5.45. The maximum Gasteiger partial charge on any atom is 0.417 e. The second-order valence-corrected chi connectivity index (χ2v) is 7.29. The number of pyridine rings is 1. The van der Waals surface area contributed by atoms with Gasteiger partial charge in [-0.1, -0.05) is 43.7 Å². The number of imidazole rings is 1. The van der Waals surface area contributed by atoms with Crippen molar-refractivity contribution in [2.45, 2.75) is 39.9 Å². The molecule has 1 amide bonds. The fourth-order valence-electron chi connectivity index (χ4n) is 3.00. The molecule has 0 fully saturated rings.